The van der Waals surface area contributed by atoms with Gasteiger partial charge in [0.2, 0.25) is 0 Å². The van der Waals surface area contributed by atoms with E-state index in [0.29, 0.717) is 0 Å². The monoisotopic (exact) mass is 349 g/mol. The first-order valence-corrected chi connectivity index (χ1v) is 9.57. The van der Waals surface area contributed by atoms with E-state index in [9.17, 15) is 4.79 Å². The standard InChI is InChI=1S/C15H21NO.C6H14O2/c1-13(12-17)16-9-7-15(8-10-16)11-14-5-3-2-4-6-14;1-4-7-6(3)8-5-2/h2-6,12-13,15H,7-11H2,1H3;6H,4-5H2,1-3H3. The predicted octanol–water partition coefficient (Wildman–Crippen LogP) is 3.93. The van der Waals surface area contributed by atoms with E-state index < -0.39 is 0 Å². The second kappa shape index (κ2) is 13.0. The quantitative estimate of drug-likeness (QED) is 0.526. The van der Waals surface area contributed by atoms with E-state index in [2.05, 4.69) is 35.2 Å². The van der Waals surface area contributed by atoms with Crippen LogP contribution in [0.3, 0.4) is 0 Å². The van der Waals surface area contributed by atoms with E-state index in [4.69, 9.17) is 9.47 Å². The van der Waals surface area contributed by atoms with Crippen LogP contribution in [0.5, 0.6) is 0 Å². The first kappa shape index (κ1) is 21.8. The van der Waals surface area contributed by atoms with E-state index in [0.717, 1.165) is 38.5 Å². The predicted molar refractivity (Wildman–Crippen MR) is 103 cm³/mol. The fourth-order valence-corrected chi connectivity index (χ4v) is 3.12. The third-order valence-electron chi connectivity index (χ3n) is 4.59. The van der Waals surface area contributed by atoms with Crippen LogP contribution in [0, 0.1) is 5.92 Å². The molecule has 0 aliphatic carbocycles. The minimum atomic E-state index is -0.0370. The zero-order valence-corrected chi connectivity index (χ0v) is 16.3. The van der Waals surface area contributed by atoms with Crippen molar-refractivity contribution in [1.82, 2.24) is 4.90 Å². The zero-order valence-electron chi connectivity index (χ0n) is 16.3. The van der Waals surface area contributed by atoms with Gasteiger partial charge in [0, 0.05) is 13.2 Å². The molecule has 142 valence electrons. The molecule has 1 aliphatic heterocycles. The van der Waals surface area contributed by atoms with Gasteiger partial charge in [-0.15, -0.1) is 0 Å². The number of carbonyl (C=O) groups excluding carboxylic acids is 1. The van der Waals surface area contributed by atoms with Crippen LogP contribution in [-0.2, 0) is 20.7 Å². The van der Waals surface area contributed by atoms with Crippen LogP contribution in [0.15, 0.2) is 30.3 Å². The number of ether oxygens (including phenoxy) is 2. The summed E-state index contributed by atoms with van der Waals surface area (Å²) >= 11 is 0. The highest BCUT2D eigenvalue weighted by Crippen LogP contribution is 2.22. The van der Waals surface area contributed by atoms with Gasteiger partial charge in [-0.05, 0) is 71.5 Å². The van der Waals surface area contributed by atoms with Gasteiger partial charge in [0.1, 0.15) is 6.29 Å². The molecule has 0 saturated carbocycles. The summed E-state index contributed by atoms with van der Waals surface area (Å²) in [4.78, 5) is 13.0. The van der Waals surface area contributed by atoms with Crippen LogP contribution >= 0.6 is 0 Å². The topological polar surface area (TPSA) is 38.8 Å². The summed E-state index contributed by atoms with van der Waals surface area (Å²) in [5.41, 5.74) is 1.44. The number of hydrogen-bond acceptors (Lipinski definition) is 4. The first-order valence-electron chi connectivity index (χ1n) is 9.57. The first-order chi connectivity index (χ1) is 12.1. The van der Waals surface area contributed by atoms with E-state index in [1.165, 1.54) is 24.8 Å². The van der Waals surface area contributed by atoms with Crippen LogP contribution in [0.1, 0.15) is 46.1 Å². The molecule has 0 radical (unpaired) electrons. The average Bonchev–Trinajstić information content (AvgIpc) is 2.63. The van der Waals surface area contributed by atoms with E-state index in [1.54, 1.807) is 0 Å². The number of benzene rings is 1. The number of carbonyl (C=O) groups is 1. The largest absolute Gasteiger partial charge is 0.353 e. The molecule has 4 heteroatoms. The lowest BCUT2D eigenvalue weighted by atomic mass is 9.90. The minimum absolute atomic E-state index is 0.0370. The molecule has 2 rings (SSSR count). The summed E-state index contributed by atoms with van der Waals surface area (Å²) in [5.74, 6) is 0.785. The molecular weight excluding hydrogens is 314 g/mol. The van der Waals surface area contributed by atoms with Crippen molar-refractivity contribution in [2.75, 3.05) is 26.3 Å². The number of aldehydes is 1. The molecule has 0 N–H and O–H groups in total. The zero-order chi connectivity index (χ0) is 18.5. The van der Waals surface area contributed by atoms with E-state index in [-0.39, 0.29) is 12.3 Å². The van der Waals surface area contributed by atoms with Gasteiger partial charge in [-0.3, -0.25) is 4.90 Å². The maximum Gasteiger partial charge on any atom is 0.154 e. The summed E-state index contributed by atoms with van der Waals surface area (Å²) in [6, 6.07) is 10.8. The van der Waals surface area contributed by atoms with Crippen molar-refractivity contribution >= 4 is 6.29 Å². The summed E-state index contributed by atoms with van der Waals surface area (Å²) in [7, 11) is 0. The van der Waals surface area contributed by atoms with Gasteiger partial charge in [-0.25, -0.2) is 0 Å². The van der Waals surface area contributed by atoms with Gasteiger partial charge in [0.25, 0.3) is 0 Å². The molecule has 0 spiro atoms. The highest BCUT2D eigenvalue weighted by Gasteiger charge is 2.22. The van der Waals surface area contributed by atoms with Crippen molar-refractivity contribution in [3.63, 3.8) is 0 Å². The summed E-state index contributed by atoms with van der Waals surface area (Å²) in [5, 5.41) is 0. The Hall–Kier alpha value is -1.23. The molecular formula is C21H35NO3. The van der Waals surface area contributed by atoms with Crippen molar-refractivity contribution in [3.05, 3.63) is 35.9 Å². The Bertz CT molecular complexity index is 438. The van der Waals surface area contributed by atoms with Crippen molar-refractivity contribution in [3.8, 4) is 0 Å². The van der Waals surface area contributed by atoms with Crippen molar-refractivity contribution in [2.45, 2.75) is 59.3 Å². The highest BCUT2D eigenvalue weighted by atomic mass is 16.7. The second-order valence-electron chi connectivity index (χ2n) is 6.52. The Morgan fingerprint density at radius 3 is 2.12 bits per heavy atom. The maximum atomic E-state index is 10.7. The van der Waals surface area contributed by atoms with Crippen LogP contribution in [0.2, 0.25) is 0 Å². The molecule has 25 heavy (non-hydrogen) atoms. The van der Waals surface area contributed by atoms with Crippen molar-refractivity contribution in [1.29, 1.82) is 0 Å². The van der Waals surface area contributed by atoms with Crippen molar-refractivity contribution < 1.29 is 14.3 Å². The van der Waals surface area contributed by atoms with Gasteiger partial charge in [0.15, 0.2) is 6.29 Å². The van der Waals surface area contributed by atoms with Gasteiger partial charge < -0.3 is 14.3 Å². The van der Waals surface area contributed by atoms with E-state index in [1.807, 2.05) is 27.7 Å². The number of likely N-dealkylation sites (tertiary alicyclic amines) is 1. The third kappa shape index (κ3) is 9.15. The normalized spacial score (nSPS) is 17.0. The molecule has 0 bridgehead atoms. The smallest absolute Gasteiger partial charge is 0.154 e. The molecule has 1 aromatic rings. The SMILES string of the molecule is CC(C=O)N1CCC(Cc2ccccc2)CC1.CCOC(C)OCC. The molecule has 0 aromatic heterocycles. The molecule has 4 nitrogen and oxygen atoms in total. The van der Waals surface area contributed by atoms with Gasteiger partial charge in [-0.1, -0.05) is 30.3 Å². The molecule has 0 amide bonds. The van der Waals surface area contributed by atoms with Crippen LogP contribution in [-0.4, -0.2) is 49.8 Å². The van der Waals surface area contributed by atoms with Crippen LogP contribution < -0.4 is 0 Å². The fraction of sp³-hybridized carbons (Fsp3) is 0.667. The van der Waals surface area contributed by atoms with Gasteiger partial charge in [-0.2, -0.15) is 0 Å². The Balaban J connectivity index is 0.000000333. The fourth-order valence-electron chi connectivity index (χ4n) is 3.12. The Kier molecular flexibility index (Phi) is 11.4. The molecule has 1 aliphatic rings. The molecule has 1 atom stereocenters. The molecule has 1 saturated heterocycles. The molecule has 1 aromatic carbocycles. The Morgan fingerprint density at radius 2 is 1.64 bits per heavy atom. The second-order valence-corrected chi connectivity index (χ2v) is 6.52. The van der Waals surface area contributed by atoms with Gasteiger partial charge in [0.05, 0.1) is 6.04 Å². The Labute approximate surface area is 153 Å². The molecule has 1 unspecified atom stereocenters. The molecule has 1 fully saturated rings. The number of hydrogen-bond donors (Lipinski definition) is 0. The number of nitrogens with zero attached hydrogens (tertiary/aromatic N) is 1. The third-order valence-corrected chi connectivity index (χ3v) is 4.59. The van der Waals surface area contributed by atoms with Crippen LogP contribution in [0.25, 0.3) is 0 Å². The highest BCUT2D eigenvalue weighted by molar-refractivity contribution is 5.56. The average molecular weight is 350 g/mol. The summed E-state index contributed by atoms with van der Waals surface area (Å²) in [6.07, 6.45) is 4.63. The minimum Gasteiger partial charge on any atom is -0.353 e. The summed E-state index contributed by atoms with van der Waals surface area (Å²) in [6.45, 7) is 11.4. The van der Waals surface area contributed by atoms with Crippen LogP contribution in [0.4, 0.5) is 0 Å². The lowest BCUT2D eigenvalue weighted by molar-refractivity contribution is -0.123. The summed E-state index contributed by atoms with van der Waals surface area (Å²) < 4.78 is 10.1. The lowest BCUT2D eigenvalue weighted by Gasteiger charge is -2.33. The molecule has 1 heterocycles. The Morgan fingerprint density at radius 1 is 1.08 bits per heavy atom. The van der Waals surface area contributed by atoms with Crippen molar-refractivity contribution in [2.24, 2.45) is 5.92 Å². The maximum absolute atomic E-state index is 10.7. The number of piperidine rings is 1. The van der Waals surface area contributed by atoms with Gasteiger partial charge >= 0.3 is 0 Å². The number of rotatable bonds is 8. The lowest BCUT2D eigenvalue weighted by Crippen LogP contribution is -2.41. The van der Waals surface area contributed by atoms with E-state index >= 15 is 0 Å².